The van der Waals surface area contributed by atoms with Crippen molar-refractivity contribution >= 4 is 23.5 Å². The molecule has 2 aromatic rings. The Kier molecular flexibility index (Phi) is 9.58. The van der Waals surface area contributed by atoms with Crippen LogP contribution in [0.25, 0.3) is 0 Å². The third-order valence-electron chi connectivity index (χ3n) is 6.54. The highest BCUT2D eigenvalue weighted by Crippen LogP contribution is 2.27. The highest BCUT2D eigenvalue weighted by Gasteiger charge is 2.36. The third-order valence-corrected chi connectivity index (χ3v) is 6.54. The minimum atomic E-state index is -0.827. The van der Waals surface area contributed by atoms with Crippen molar-refractivity contribution in [1.29, 1.82) is 0 Å². The summed E-state index contributed by atoms with van der Waals surface area (Å²) in [5, 5.41) is 5.83. The third kappa shape index (κ3) is 7.88. The minimum absolute atomic E-state index is 0.0138. The number of benzene rings is 1. The van der Waals surface area contributed by atoms with Gasteiger partial charge in [0.1, 0.15) is 11.9 Å². The molecule has 1 saturated heterocycles. The van der Waals surface area contributed by atoms with Gasteiger partial charge in [-0.25, -0.2) is 4.98 Å². The molecule has 3 rings (SSSR count). The highest BCUT2D eigenvalue weighted by atomic mass is 16.5. The van der Waals surface area contributed by atoms with Crippen LogP contribution in [0, 0.1) is 6.92 Å². The van der Waals surface area contributed by atoms with Crippen LogP contribution in [-0.4, -0.2) is 52.4 Å². The molecule has 1 aromatic carbocycles. The fourth-order valence-electron chi connectivity index (χ4n) is 4.08. The second-order valence-electron chi connectivity index (χ2n) is 9.98. The first kappa shape index (κ1) is 27.3. The number of hydrogen-bond donors (Lipinski definition) is 2. The SMILES string of the molecule is CCC(C)(C)NC(=O)[C@@H](c1ccc(C)cc1)N(C[C@H]1CCCO1)C(=O)CCC(=O)Nc1ccccn1. The first-order valence-corrected chi connectivity index (χ1v) is 12.7. The number of carbonyl (C=O) groups excluding carboxylic acids is 3. The fraction of sp³-hybridized carbons (Fsp3) is 0.500. The van der Waals surface area contributed by atoms with Gasteiger partial charge in [0.25, 0.3) is 0 Å². The molecule has 36 heavy (non-hydrogen) atoms. The normalized spacial score (nSPS) is 16.3. The zero-order valence-electron chi connectivity index (χ0n) is 21.8. The van der Waals surface area contributed by atoms with E-state index >= 15 is 0 Å². The van der Waals surface area contributed by atoms with Crippen molar-refractivity contribution in [3.05, 3.63) is 59.8 Å². The fourth-order valence-corrected chi connectivity index (χ4v) is 4.08. The lowest BCUT2D eigenvalue weighted by atomic mass is 9.97. The van der Waals surface area contributed by atoms with Crippen LogP contribution in [0.3, 0.4) is 0 Å². The van der Waals surface area contributed by atoms with Crippen LogP contribution >= 0.6 is 0 Å². The van der Waals surface area contributed by atoms with E-state index in [9.17, 15) is 14.4 Å². The van der Waals surface area contributed by atoms with E-state index in [-0.39, 0.29) is 36.7 Å². The summed E-state index contributed by atoms with van der Waals surface area (Å²) in [5.41, 5.74) is 1.37. The standard InChI is InChI=1S/C28H38N4O4/c1-5-28(3,4)31-27(35)26(21-13-11-20(2)12-14-21)32(19-22-9-8-18-36-22)25(34)16-15-24(33)30-23-10-6-7-17-29-23/h6-7,10-14,17,22,26H,5,8-9,15-16,18-19H2,1-4H3,(H,31,35)(H,29,30,33)/t22-,26-/m1/s1. The molecule has 3 amide bonds. The van der Waals surface area contributed by atoms with Crippen LogP contribution in [0.5, 0.6) is 0 Å². The first-order valence-electron chi connectivity index (χ1n) is 12.7. The number of aryl methyl sites for hydroxylation is 1. The molecule has 0 spiro atoms. The van der Waals surface area contributed by atoms with E-state index in [1.807, 2.05) is 52.0 Å². The lowest BCUT2D eigenvalue weighted by molar-refractivity contribution is -0.143. The molecule has 1 aromatic heterocycles. The first-order chi connectivity index (χ1) is 17.2. The van der Waals surface area contributed by atoms with Gasteiger partial charge >= 0.3 is 0 Å². The van der Waals surface area contributed by atoms with Crippen LogP contribution in [0.15, 0.2) is 48.7 Å². The number of aromatic nitrogens is 1. The predicted molar refractivity (Wildman–Crippen MR) is 139 cm³/mol. The van der Waals surface area contributed by atoms with E-state index < -0.39 is 11.6 Å². The molecule has 2 heterocycles. The lowest BCUT2D eigenvalue weighted by Gasteiger charge is -2.35. The Hall–Kier alpha value is -3.26. The molecule has 0 radical (unpaired) electrons. The number of anilines is 1. The molecule has 0 unspecified atom stereocenters. The van der Waals surface area contributed by atoms with E-state index in [1.165, 1.54) is 0 Å². The maximum absolute atomic E-state index is 13.7. The molecule has 0 bridgehead atoms. The predicted octanol–water partition coefficient (Wildman–Crippen LogP) is 4.16. The minimum Gasteiger partial charge on any atom is -0.376 e. The number of nitrogens with one attached hydrogen (secondary N) is 2. The molecule has 8 nitrogen and oxygen atoms in total. The molecular formula is C28H38N4O4. The van der Waals surface area contributed by atoms with Gasteiger partial charge in [-0.05, 0) is 57.7 Å². The topological polar surface area (TPSA) is 101 Å². The zero-order valence-corrected chi connectivity index (χ0v) is 21.8. The van der Waals surface area contributed by atoms with E-state index in [1.54, 1.807) is 29.3 Å². The monoisotopic (exact) mass is 494 g/mol. The van der Waals surface area contributed by atoms with Crippen molar-refractivity contribution < 1.29 is 19.1 Å². The van der Waals surface area contributed by atoms with E-state index in [0.29, 0.717) is 19.0 Å². The van der Waals surface area contributed by atoms with Crippen molar-refractivity contribution in [2.45, 2.75) is 77.5 Å². The second-order valence-corrected chi connectivity index (χ2v) is 9.98. The molecular weight excluding hydrogens is 456 g/mol. The largest absolute Gasteiger partial charge is 0.376 e. The summed E-state index contributed by atoms with van der Waals surface area (Å²) in [6.45, 7) is 8.85. The summed E-state index contributed by atoms with van der Waals surface area (Å²) in [7, 11) is 0. The summed E-state index contributed by atoms with van der Waals surface area (Å²) < 4.78 is 5.83. The Morgan fingerprint density at radius 1 is 1.14 bits per heavy atom. The molecule has 2 atom stereocenters. The quantitative estimate of drug-likeness (QED) is 0.489. The maximum atomic E-state index is 13.7. The Balaban J connectivity index is 1.84. The van der Waals surface area contributed by atoms with Crippen molar-refractivity contribution in [3.8, 4) is 0 Å². The number of pyridine rings is 1. The number of rotatable bonds is 11. The van der Waals surface area contributed by atoms with E-state index in [0.717, 1.165) is 30.4 Å². The lowest BCUT2D eigenvalue weighted by Crippen LogP contribution is -2.51. The molecule has 194 valence electrons. The summed E-state index contributed by atoms with van der Waals surface area (Å²) in [5.74, 6) is -0.376. The van der Waals surface area contributed by atoms with Gasteiger partial charge in [-0.1, -0.05) is 42.8 Å². The maximum Gasteiger partial charge on any atom is 0.247 e. The summed E-state index contributed by atoms with van der Waals surface area (Å²) in [6.07, 6.45) is 3.89. The van der Waals surface area contributed by atoms with Gasteiger partial charge < -0.3 is 20.3 Å². The number of hydrogen-bond acceptors (Lipinski definition) is 5. The summed E-state index contributed by atoms with van der Waals surface area (Å²) >= 11 is 0. The van der Waals surface area contributed by atoms with Crippen LogP contribution in [0.1, 0.15) is 70.0 Å². The molecule has 0 aliphatic carbocycles. The smallest absolute Gasteiger partial charge is 0.247 e. The van der Waals surface area contributed by atoms with Gasteiger partial charge in [0.15, 0.2) is 0 Å². The average Bonchev–Trinajstić information content (AvgIpc) is 3.37. The average molecular weight is 495 g/mol. The Bertz CT molecular complexity index is 1020. The van der Waals surface area contributed by atoms with Crippen molar-refractivity contribution in [3.63, 3.8) is 0 Å². The summed E-state index contributed by atoms with van der Waals surface area (Å²) in [4.78, 5) is 45.5. The Labute approximate surface area is 213 Å². The van der Waals surface area contributed by atoms with Crippen LogP contribution in [0.4, 0.5) is 5.82 Å². The molecule has 1 fully saturated rings. The van der Waals surface area contributed by atoms with Gasteiger partial charge in [0.2, 0.25) is 17.7 Å². The highest BCUT2D eigenvalue weighted by molar-refractivity contribution is 5.94. The molecule has 0 saturated carbocycles. The van der Waals surface area contributed by atoms with E-state index in [2.05, 4.69) is 15.6 Å². The van der Waals surface area contributed by atoms with Gasteiger partial charge in [-0.2, -0.15) is 0 Å². The van der Waals surface area contributed by atoms with Crippen molar-refractivity contribution in [1.82, 2.24) is 15.2 Å². The van der Waals surface area contributed by atoms with E-state index in [4.69, 9.17) is 4.74 Å². The summed E-state index contributed by atoms with van der Waals surface area (Å²) in [6, 6.07) is 12.1. The van der Waals surface area contributed by atoms with Crippen LogP contribution in [-0.2, 0) is 19.1 Å². The molecule has 2 N–H and O–H groups in total. The van der Waals surface area contributed by atoms with Gasteiger partial charge in [0, 0.05) is 37.7 Å². The Morgan fingerprint density at radius 3 is 2.50 bits per heavy atom. The van der Waals surface area contributed by atoms with Gasteiger partial charge in [-0.3, -0.25) is 14.4 Å². The van der Waals surface area contributed by atoms with Crippen molar-refractivity contribution in [2.75, 3.05) is 18.5 Å². The molecule has 1 aliphatic rings. The number of amides is 3. The van der Waals surface area contributed by atoms with Gasteiger partial charge in [0.05, 0.1) is 6.10 Å². The number of ether oxygens (including phenoxy) is 1. The van der Waals surface area contributed by atoms with Gasteiger partial charge in [-0.15, -0.1) is 0 Å². The van der Waals surface area contributed by atoms with Crippen LogP contribution in [0.2, 0.25) is 0 Å². The number of carbonyl (C=O) groups is 3. The van der Waals surface area contributed by atoms with Crippen molar-refractivity contribution in [2.24, 2.45) is 0 Å². The zero-order chi connectivity index (χ0) is 26.1. The van der Waals surface area contributed by atoms with Crippen LogP contribution < -0.4 is 10.6 Å². The Morgan fingerprint density at radius 2 is 1.89 bits per heavy atom. The number of nitrogens with zero attached hydrogens (tertiary/aromatic N) is 2. The molecule has 8 heteroatoms. The molecule has 1 aliphatic heterocycles. The second kappa shape index (κ2) is 12.6.